The van der Waals surface area contributed by atoms with Gasteiger partial charge in [0.05, 0.1) is 5.69 Å². The van der Waals surface area contributed by atoms with Gasteiger partial charge in [0.15, 0.2) is 0 Å². The molecule has 0 aromatic carbocycles. The van der Waals surface area contributed by atoms with Crippen molar-refractivity contribution in [3.8, 4) is 0 Å². The Morgan fingerprint density at radius 2 is 2.26 bits per heavy atom. The van der Waals surface area contributed by atoms with Gasteiger partial charge < -0.3 is 0 Å². The number of hydrazine groups is 1. The highest BCUT2D eigenvalue weighted by atomic mass is 32.2. The van der Waals surface area contributed by atoms with E-state index in [0.29, 0.717) is 16.5 Å². The number of hydrogen-bond acceptors (Lipinski definition) is 5. The lowest BCUT2D eigenvalue weighted by molar-refractivity contribution is 0.487. The zero-order valence-corrected chi connectivity index (χ0v) is 13.6. The van der Waals surface area contributed by atoms with E-state index in [4.69, 9.17) is 5.84 Å². The van der Waals surface area contributed by atoms with Crippen LogP contribution in [0.25, 0.3) is 0 Å². The molecule has 1 aromatic heterocycles. The van der Waals surface area contributed by atoms with E-state index < -0.39 is 0 Å². The molecule has 1 aliphatic rings. The summed E-state index contributed by atoms with van der Waals surface area (Å²) in [4.78, 5) is 0. The molecule has 1 saturated heterocycles. The van der Waals surface area contributed by atoms with Crippen LogP contribution in [0.5, 0.6) is 0 Å². The summed E-state index contributed by atoms with van der Waals surface area (Å²) in [7, 11) is 2.02. The molecular weight excluding hydrogens is 276 g/mol. The van der Waals surface area contributed by atoms with Crippen molar-refractivity contribution in [3.63, 3.8) is 0 Å². The number of hydrogen-bond donors (Lipinski definition) is 2. The van der Waals surface area contributed by atoms with Gasteiger partial charge in [0, 0.05) is 47.2 Å². The van der Waals surface area contributed by atoms with Crippen LogP contribution in [-0.2, 0) is 19.9 Å². The van der Waals surface area contributed by atoms with Gasteiger partial charge in [-0.1, -0.05) is 13.8 Å². The predicted molar refractivity (Wildman–Crippen MR) is 85.6 cm³/mol. The fraction of sp³-hybridized carbons (Fsp3) is 0.769. The zero-order chi connectivity index (χ0) is 13.8. The molecule has 3 atom stereocenters. The van der Waals surface area contributed by atoms with E-state index in [-0.39, 0.29) is 0 Å². The highest BCUT2D eigenvalue weighted by molar-refractivity contribution is 8.07. The van der Waals surface area contributed by atoms with Crippen LogP contribution in [-0.4, -0.2) is 37.8 Å². The maximum atomic E-state index is 5.80. The largest absolute Gasteiger partial charge is 0.272 e. The number of thioether (sulfide) groups is 2. The van der Waals surface area contributed by atoms with Crippen LogP contribution in [0.15, 0.2) is 6.07 Å². The quantitative estimate of drug-likeness (QED) is 0.639. The summed E-state index contributed by atoms with van der Waals surface area (Å²) >= 11 is 4.10. The summed E-state index contributed by atoms with van der Waals surface area (Å²) in [5.74, 6) is 8.28. The second-order valence-corrected chi connectivity index (χ2v) is 7.76. The molecule has 1 aromatic rings. The summed E-state index contributed by atoms with van der Waals surface area (Å²) in [6.45, 7) is 4.45. The Balaban J connectivity index is 2.07. The van der Waals surface area contributed by atoms with Crippen molar-refractivity contribution in [3.05, 3.63) is 17.5 Å². The molecule has 0 radical (unpaired) electrons. The summed E-state index contributed by atoms with van der Waals surface area (Å²) < 4.78 is 1.99. The van der Waals surface area contributed by atoms with E-state index >= 15 is 0 Å². The molecule has 2 rings (SSSR count). The van der Waals surface area contributed by atoms with Crippen LogP contribution >= 0.6 is 23.5 Å². The van der Waals surface area contributed by atoms with Gasteiger partial charge in [0.25, 0.3) is 0 Å². The lowest BCUT2D eigenvalue weighted by atomic mass is 10.1. The molecule has 108 valence electrons. The smallest absolute Gasteiger partial charge is 0.0624 e. The molecule has 0 spiro atoms. The minimum atomic E-state index is 0.313. The molecule has 0 saturated carbocycles. The van der Waals surface area contributed by atoms with E-state index in [1.165, 1.54) is 17.2 Å². The van der Waals surface area contributed by atoms with E-state index in [1.54, 1.807) is 0 Å². The lowest BCUT2D eigenvalue weighted by Gasteiger charge is -2.34. The van der Waals surface area contributed by atoms with Crippen molar-refractivity contribution in [2.24, 2.45) is 12.9 Å². The molecule has 4 nitrogen and oxygen atoms in total. The van der Waals surface area contributed by atoms with E-state index in [9.17, 15) is 0 Å². The van der Waals surface area contributed by atoms with Gasteiger partial charge in [-0.3, -0.25) is 16.0 Å². The molecular formula is C13H24N4S2. The first-order valence-electron chi connectivity index (χ1n) is 6.86. The highest BCUT2D eigenvalue weighted by Crippen LogP contribution is 2.33. The molecule has 3 N–H and O–H groups in total. The molecule has 19 heavy (non-hydrogen) atoms. The third kappa shape index (κ3) is 3.68. The van der Waals surface area contributed by atoms with Crippen LogP contribution in [0.4, 0.5) is 0 Å². The van der Waals surface area contributed by atoms with Crippen LogP contribution < -0.4 is 11.3 Å². The summed E-state index contributed by atoms with van der Waals surface area (Å²) in [5, 5.41) is 5.74. The van der Waals surface area contributed by atoms with Crippen molar-refractivity contribution in [2.75, 3.05) is 11.5 Å². The first-order chi connectivity index (χ1) is 9.15. The SMILES string of the molecule is CCc1cc(CC(NN)C2SCCSC2C)n(C)n1. The highest BCUT2D eigenvalue weighted by Gasteiger charge is 2.30. The van der Waals surface area contributed by atoms with Crippen molar-refractivity contribution < 1.29 is 0 Å². The van der Waals surface area contributed by atoms with E-state index in [2.05, 4.69) is 42.2 Å². The molecule has 2 heterocycles. The minimum absolute atomic E-state index is 0.313. The Morgan fingerprint density at radius 3 is 2.84 bits per heavy atom. The van der Waals surface area contributed by atoms with Crippen molar-refractivity contribution in [1.29, 1.82) is 0 Å². The van der Waals surface area contributed by atoms with Crippen LogP contribution in [0.3, 0.4) is 0 Å². The van der Waals surface area contributed by atoms with Gasteiger partial charge in [0.2, 0.25) is 0 Å². The number of aryl methyl sites for hydroxylation is 2. The molecule has 0 amide bonds. The number of nitrogens with one attached hydrogen (secondary N) is 1. The maximum absolute atomic E-state index is 5.80. The second-order valence-electron chi connectivity index (χ2n) is 4.99. The molecule has 6 heteroatoms. The first kappa shape index (κ1) is 15.2. The number of nitrogens with two attached hydrogens (primary N) is 1. The van der Waals surface area contributed by atoms with Crippen LogP contribution in [0.2, 0.25) is 0 Å². The number of rotatable bonds is 5. The zero-order valence-electron chi connectivity index (χ0n) is 11.9. The lowest BCUT2D eigenvalue weighted by Crippen LogP contribution is -2.49. The normalized spacial score (nSPS) is 25.5. The van der Waals surface area contributed by atoms with Gasteiger partial charge in [-0.05, 0) is 12.5 Å². The Labute approximate surface area is 124 Å². The number of aromatic nitrogens is 2. The Bertz CT molecular complexity index is 407. The predicted octanol–water partition coefficient (Wildman–Crippen LogP) is 1.59. The average molecular weight is 300 g/mol. The third-order valence-corrected chi connectivity index (χ3v) is 6.92. The maximum Gasteiger partial charge on any atom is 0.0624 e. The monoisotopic (exact) mass is 300 g/mol. The van der Waals surface area contributed by atoms with Crippen molar-refractivity contribution >= 4 is 23.5 Å². The van der Waals surface area contributed by atoms with Crippen LogP contribution in [0.1, 0.15) is 25.2 Å². The van der Waals surface area contributed by atoms with E-state index in [0.717, 1.165) is 18.5 Å². The standard InChI is InChI=1S/C13H24N4S2/c1-4-10-7-11(17(3)16-10)8-12(15-14)13-9(2)18-5-6-19-13/h7,9,12-13,15H,4-6,8,14H2,1-3H3. The second kappa shape index (κ2) is 7.02. The number of nitrogens with zero attached hydrogens (tertiary/aromatic N) is 2. The van der Waals surface area contributed by atoms with Gasteiger partial charge in [0.1, 0.15) is 0 Å². The fourth-order valence-corrected chi connectivity index (χ4v) is 5.47. The third-order valence-electron chi connectivity index (χ3n) is 3.67. The van der Waals surface area contributed by atoms with E-state index in [1.807, 2.05) is 23.5 Å². The Morgan fingerprint density at radius 1 is 1.53 bits per heavy atom. The summed E-state index contributed by atoms with van der Waals surface area (Å²) in [5.41, 5.74) is 5.46. The van der Waals surface area contributed by atoms with Crippen LogP contribution in [0, 0.1) is 0 Å². The van der Waals surface area contributed by atoms with Crippen molar-refractivity contribution in [1.82, 2.24) is 15.2 Å². The average Bonchev–Trinajstić information content (AvgIpc) is 2.77. The Hall–Kier alpha value is -0.170. The van der Waals surface area contributed by atoms with Gasteiger partial charge in [-0.15, -0.1) is 0 Å². The van der Waals surface area contributed by atoms with Gasteiger partial charge in [-0.2, -0.15) is 28.6 Å². The first-order valence-corrected chi connectivity index (χ1v) is 8.96. The molecule has 1 fully saturated rings. The molecule has 0 aliphatic carbocycles. The molecule has 1 aliphatic heterocycles. The fourth-order valence-electron chi connectivity index (χ4n) is 2.52. The summed E-state index contributed by atoms with van der Waals surface area (Å²) in [6, 6.07) is 2.52. The minimum Gasteiger partial charge on any atom is -0.272 e. The summed E-state index contributed by atoms with van der Waals surface area (Å²) in [6.07, 6.45) is 1.93. The van der Waals surface area contributed by atoms with Gasteiger partial charge in [-0.25, -0.2) is 0 Å². The molecule has 3 unspecified atom stereocenters. The Kier molecular flexibility index (Phi) is 5.62. The topological polar surface area (TPSA) is 55.9 Å². The van der Waals surface area contributed by atoms with Gasteiger partial charge >= 0.3 is 0 Å². The molecule has 0 bridgehead atoms. The van der Waals surface area contributed by atoms with Crippen molar-refractivity contribution in [2.45, 2.75) is 43.2 Å².